The molecular formula is C12H18Cl2N4O. The van der Waals surface area contributed by atoms with Crippen LogP contribution in [0.5, 0.6) is 0 Å². The van der Waals surface area contributed by atoms with Gasteiger partial charge in [0.2, 0.25) is 0 Å². The smallest absolute Gasteiger partial charge is 0.274 e. The molecule has 2 heterocycles. The second kappa shape index (κ2) is 6.03. The van der Waals surface area contributed by atoms with E-state index in [0.717, 1.165) is 6.42 Å². The number of carbonyl (C=O) groups is 1. The maximum atomic E-state index is 12.3. The highest BCUT2D eigenvalue weighted by Crippen LogP contribution is 2.29. The van der Waals surface area contributed by atoms with Crippen molar-refractivity contribution in [1.29, 1.82) is 0 Å². The number of likely N-dealkylation sites (tertiary alicyclic amines) is 1. The number of hydrogen-bond donors (Lipinski definition) is 1. The molecule has 1 saturated heterocycles. The lowest BCUT2D eigenvalue weighted by Crippen LogP contribution is -2.54. The number of aromatic nitrogens is 2. The van der Waals surface area contributed by atoms with Crippen molar-refractivity contribution < 1.29 is 4.79 Å². The maximum Gasteiger partial charge on any atom is 0.274 e. The Morgan fingerprint density at radius 2 is 2.26 bits per heavy atom. The number of piperidine rings is 1. The van der Waals surface area contributed by atoms with Gasteiger partial charge in [-0.05, 0) is 11.8 Å². The molecule has 1 atom stereocenters. The molecule has 0 saturated carbocycles. The predicted octanol–water partition coefficient (Wildman–Crippen LogP) is 1.75. The van der Waals surface area contributed by atoms with Crippen molar-refractivity contribution in [3.63, 3.8) is 0 Å². The number of nitrogens with two attached hydrogens (primary N) is 1. The minimum Gasteiger partial charge on any atom is -0.337 e. The van der Waals surface area contributed by atoms with Gasteiger partial charge in [-0.25, -0.2) is 9.97 Å². The lowest BCUT2D eigenvalue weighted by atomic mass is 9.79. The average molecular weight is 305 g/mol. The zero-order valence-corrected chi connectivity index (χ0v) is 12.5. The molecule has 0 spiro atoms. The fraction of sp³-hybridized carbons (Fsp3) is 0.583. The van der Waals surface area contributed by atoms with Crippen LogP contribution in [0.4, 0.5) is 0 Å². The first-order valence-corrected chi connectivity index (χ1v) is 6.30. The minimum absolute atomic E-state index is 0. The lowest BCUT2D eigenvalue weighted by Gasteiger charge is -2.42. The average Bonchev–Trinajstić information content (AvgIpc) is 2.32. The largest absolute Gasteiger partial charge is 0.337 e. The highest BCUT2D eigenvalue weighted by molar-refractivity contribution is 6.33. The van der Waals surface area contributed by atoms with E-state index >= 15 is 0 Å². The Morgan fingerprint density at radius 3 is 2.84 bits per heavy atom. The van der Waals surface area contributed by atoms with Gasteiger partial charge in [0, 0.05) is 25.3 Å². The third-order valence-corrected chi connectivity index (χ3v) is 3.75. The van der Waals surface area contributed by atoms with Crippen LogP contribution in [0.2, 0.25) is 5.02 Å². The van der Waals surface area contributed by atoms with Gasteiger partial charge in [-0.15, -0.1) is 12.4 Å². The number of hydrogen-bond acceptors (Lipinski definition) is 4. The molecule has 0 bridgehead atoms. The number of rotatable bonds is 1. The third kappa shape index (κ3) is 3.35. The quantitative estimate of drug-likeness (QED) is 0.858. The highest BCUT2D eigenvalue weighted by atomic mass is 35.5. The van der Waals surface area contributed by atoms with E-state index in [1.165, 1.54) is 12.5 Å². The number of nitrogens with zero attached hydrogens (tertiary/aromatic N) is 3. The zero-order valence-electron chi connectivity index (χ0n) is 11.0. The first kappa shape index (κ1) is 16.1. The van der Waals surface area contributed by atoms with Gasteiger partial charge >= 0.3 is 0 Å². The lowest BCUT2D eigenvalue weighted by molar-refractivity contribution is 0.0527. The van der Waals surface area contributed by atoms with E-state index < -0.39 is 0 Å². The molecule has 1 unspecified atom stereocenters. The van der Waals surface area contributed by atoms with Crippen molar-refractivity contribution in [3.05, 3.63) is 23.2 Å². The van der Waals surface area contributed by atoms with Gasteiger partial charge in [0.15, 0.2) is 0 Å². The van der Waals surface area contributed by atoms with Crippen LogP contribution in [0, 0.1) is 5.41 Å². The molecule has 1 fully saturated rings. The monoisotopic (exact) mass is 304 g/mol. The number of halogens is 2. The summed E-state index contributed by atoms with van der Waals surface area (Å²) in [5.41, 5.74) is 6.23. The summed E-state index contributed by atoms with van der Waals surface area (Å²) < 4.78 is 0. The van der Waals surface area contributed by atoms with Crippen LogP contribution in [0.25, 0.3) is 0 Å². The fourth-order valence-corrected chi connectivity index (χ4v) is 2.35. The Kier molecular flexibility index (Phi) is 5.12. The van der Waals surface area contributed by atoms with E-state index in [4.69, 9.17) is 17.3 Å². The second-order valence-electron chi connectivity index (χ2n) is 5.33. The van der Waals surface area contributed by atoms with Gasteiger partial charge in [0.1, 0.15) is 12.0 Å². The van der Waals surface area contributed by atoms with Gasteiger partial charge in [-0.1, -0.05) is 25.4 Å². The van der Waals surface area contributed by atoms with Crippen molar-refractivity contribution >= 4 is 29.9 Å². The Hall–Kier alpha value is -0.910. The first-order valence-electron chi connectivity index (χ1n) is 5.92. The van der Waals surface area contributed by atoms with Gasteiger partial charge in [-0.3, -0.25) is 4.79 Å². The molecule has 2 rings (SSSR count). The Labute approximate surface area is 124 Å². The SMILES string of the molecule is CC1(C)CN(C(=O)c2ncncc2Cl)CCC1N.Cl. The molecular weight excluding hydrogens is 287 g/mol. The fourth-order valence-electron chi connectivity index (χ4n) is 2.17. The van der Waals surface area contributed by atoms with Crippen molar-refractivity contribution in [1.82, 2.24) is 14.9 Å². The summed E-state index contributed by atoms with van der Waals surface area (Å²) >= 11 is 5.94. The summed E-state index contributed by atoms with van der Waals surface area (Å²) in [5, 5.41) is 0.287. The van der Waals surface area contributed by atoms with Crippen LogP contribution in [-0.2, 0) is 0 Å². The van der Waals surface area contributed by atoms with E-state index in [1.54, 1.807) is 4.90 Å². The van der Waals surface area contributed by atoms with Crippen LogP contribution < -0.4 is 5.73 Å². The molecule has 2 N–H and O–H groups in total. The summed E-state index contributed by atoms with van der Waals surface area (Å²) in [6.07, 6.45) is 3.56. The zero-order chi connectivity index (χ0) is 13.3. The first-order chi connectivity index (χ1) is 8.42. The van der Waals surface area contributed by atoms with Gasteiger partial charge in [0.25, 0.3) is 5.91 Å². The molecule has 0 aromatic carbocycles. The second-order valence-corrected chi connectivity index (χ2v) is 5.74. The molecule has 7 heteroatoms. The summed E-state index contributed by atoms with van der Waals surface area (Å²) in [5.74, 6) is -0.151. The third-order valence-electron chi connectivity index (χ3n) is 3.47. The normalized spacial score (nSPS) is 21.7. The van der Waals surface area contributed by atoms with E-state index in [2.05, 4.69) is 23.8 Å². The summed E-state index contributed by atoms with van der Waals surface area (Å²) in [6.45, 7) is 5.40. The summed E-state index contributed by atoms with van der Waals surface area (Å²) in [7, 11) is 0. The molecule has 1 aliphatic rings. The van der Waals surface area contributed by atoms with E-state index in [9.17, 15) is 4.79 Å². The van der Waals surface area contributed by atoms with Crippen molar-refractivity contribution in [2.45, 2.75) is 26.3 Å². The number of amides is 1. The van der Waals surface area contributed by atoms with E-state index in [0.29, 0.717) is 13.1 Å². The predicted molar refractivity (Wildman–Crippen MR) is 76.6 cm³/mol. The van der Waals surface area contributed by atoms with E-state index in [-0.39, 0.29) is 40.5 Å². The van der Waals surface area contributed by atoms with E-state index in [1.807, 2.05) is 0 Å². The van der Waals surface area contributed by atoms with Crippen LogP contribution in [-0.4, -0.2) is 39.9 Å². The Morgan fingerprint density at radius 1 is 1.58 bits per heavy atom. The number of carbonyl (C=O) groups excluding carboxylic acids is 1. The van der Waals surface area contributed by atoms with Crippen molar-refractivity contribution in [2.75, 3.05) is 13.1 Å². The molecule has 5 nitrogen and oxygen atoms in total. The summed E-state index contributed by atoms with van der Waals surface area (Å²) in [6, 6.07) is 0.113. The Bertz CT molecular complexity index is 467. The van der Waals surface area contributed by atoms with Crippen molar-refractivity contribution in [3.8, 4) is 0 Å². The van der Waals surface area contributed by atoms with Crippen LogP contribution in [0.15, 0.2) is 12.5 Å². The van der Waals surface area contributed by atoms with Crippen molar-refractivity contribution in [2.24, 2.45) is 11.1 Å². The van der Waals surface area contributed by atoms with Gasteiger partial charge in [-0.2, -0.15) is 0 Å². The molecule has 0 radical (unpaired) electrons. The summed E-state index contributed by atoms with van der Waals surface area (Å²) in [4.78, 5) is 21.8. The molecule has 19 heavy (non-hydrogen) atoms. The molecule has 1 aromatic rings. The van der Waals surface area contributed by atoms with Gasteiger partial charge in [0.05, 0.1) is 5.02 Å². The molecule has 0 aliphatic carbocycles. The molecule has 1 aliphatic heterocycles. The van der Waals surface area contributed by atoms with Gasteiger partial charge < -0.3 is 10.6 Å². The molecule has 1 amide bonds. The van der Waals surface area contributed by atoms with Crippen LogP contribution >= 0.6 is 24.0 Å². The molecule has 1 aromatic heterocycles. The standard InChI is InChI=1S/C12H17ClN4O.ClH/c1-12(2)6-17(4-3-9(12)14)11(18)10-8(13)5-15-7-16-10;/h5,7,9H,3-4,6,14H2,1-2H3;1H. The van der Waals surface area contributed by atoms with Crippen LogP contribution in [0.1, 0.15) is 30.8 Å². The maximum absolute atomic E-state index is 12.3. The minimum atomic E-state index is -0.151. The Balaban J connectivity index is 0.00000180. The highest BCUT2D eigenvalue weighted by Gasteiger charge is 2.36. The molecule has 106 valence electrons. The van der Waals surface area contributed by atoms with Crippen LogP contribution in [0.3, 0.4) is 0 Å². The topological polar surface area (TPSA) is 72.1 Å².